The smallest absolute Gasteiger partial charge is 0.293 e. The van der Waals surface area contributed by atoms with Crippen molar-refractivity contribution >= 4 is 5.91 Å². The van der Waals surface area contributed by atoms with Crippen LogP contribution < -0.4 is 0 Å². The van der Waals surface area contributed by atoms with Gasteiger partial charge in [0.25, 0.3) is 5.91 Å². The third-order valence-electron chi connectivity index (χ3n) is 3.35. The number of nitrogens with zero attached hydrogens (tertiary/aromatic N) is 2. The van der Waals surface area contributed by atoms with Crippen molar-refractivity contribution in [2.45, 2.75) is 32.4 Å². The number of hydrogen-bond acceptors (Lipinski definition) is 3. The summed E-state index contributed by atoms with van der Waals surface area (Å²) in [4.78, 5) is 14.2. The lowest BCUT2D eigenvalue weighted by Gasteiger charge is -2.21. The summed E-state index contributed by atoms with van der Waals surface area (Å²) in [5.41, 5.74) is 1.59. The van der Waals surface area contributed by atoms with Gasteiger partial charge in [-0.3, -0.25) is 4.79 Å². The first-order valence-corrected chi connectivity index (χ1v) is 6.62. The number of rotatable bonds is 4. The zero-order valence-corrected chi connectivity index (χ0v) is 11.2. The van der Waals surface area contributed by atoms with E-state index >= 15 is 0 Å². The molecule has 0 radical (unpaired) electrons. The van der Waals surface area contributed by atoms with E-state index in [1.165, 1.54) is 12.1 Å². The Hall–Kier alpha value is -2.17. The molecule has 4 nitrogen and oxygen atoms in total. The van der Waals surface area contributed by atoms with Crippen LogP contribution in [0.25, 0.3) is 0 Å². The predicted octanol–water partition coefficient (Wildman–Crippen LogP) is 2.93. The van der Waals surface area contributed by atoms with Crippen LogP contribution in [0.4, 0.5) is 4.39 Å². The molecule has 2 aromatic rings. The van der Waals surface area contributed by atoms with Crippen molar-refractivity contribution in [2.24, 2.45) is 0 Å². The van der Waals surface area contributed by atoms with Gasteiger partial charge in [0.1, 0.15) is 5.82 Å². The molecule has 0 unspecified atom stereocenters. The Morgan fingerprint density at radius 2 is 2.10 bits per heavy atom. The molecule has 0 atom stereocenters. The number of aromatic nitrogens is 1. The standard InChI is InChI=1S/C15H15FN2O2/c1-10-8-14(20-17-10)15(19)18(13-6-7-13)9-11-2-4-12(16)5-3-11/h2-5,8,13H,6-7,9H2,1H3. The van der Waals surface area contributed by atoms with Crippen LogP contribution >= 0.6 is 0 Å². The lowest BCUT2D eigenvalue weighted by atomic mass is 10.2. The van der Waals surface area contributed by atoms with Crippen LogP contribution in [-0.2, 0) is 6.54 Å². The van der Waals surface area contributed by atoms with Gasteiger partial charge in [0.05, 0.1) is 5.69 Å². The monoisotopic (exact) mass is 274 g/mol. The van der Waals surface area contributed by atoms with Crippen molar-refractivity contribution in [2.75, 3.05) is 0 Å². The van der Waals surface area contributed by atoms with Gasteiger partial charge in [0, 0.05) is 18.7 Å². The number of amides is 1. The van der Waals surface area contributed by atoms with Gasteiger partial charge in [0.2, 0.25) is 5.76 Å². The van der Waals surface area contributed by atoms with Crippen LogP contribution in [-0.4, -0.2) is 22.0 Å². The number of hydrogen-bond donors (Lipinski definition) is 0. The Bertz CT molecular complexity index is 617. The number of aryl methyl sites for hydroxylation is 1. The summed E-state index contributed by atoms with van der Waals surface area (Å²) in [6.07, 6.45) is 2.00. The second kappa shape index (κ2) is 5.07. The van der Waals surface area contributed by atoms with Crippen LogP contribution in [0.1, 0.15) is 34.7 Å². The fourth-order valence-electron chi connectivity index (χ4n) is 2.15. The van der Waals surface area contributed by atoms with Crippen molar-refractivity contribution in [3.8, 4) is 0 Å². The minimum absolute atomic E-state index is 0.155. The first-order valence-electron chi connectivity index (χ1n) is 6.62. The van der Waals surface area contributed by atoms with Gasteiger partial charge in [-0.15, -0.1) is 0 Å². The number of carbonyl (C=O) groups is 1. The zero-order chi connectivity index (χ0) is 14.1. The van der Waals surface area contributed by atoms with Crippen molar-refractivity contribution in [3.63, 3.8) is 0 Å². The molecule has 1 amide bonds. The quantitative estimate of drug-likeness (QED) is 0.861. The van der Waals surface area contributed by atoms with Gasteiger partial charge in [-0.2, -0.15) is 0 Å². The van der Waals surface area contributed by atoms with E-state index in [1.54, 1.807) is 30.0 Å². The second-order valence-corrected chi connectivity index (χ2v) is 5.12. The fourth-order valence-corrected chi connectivity index (χ4v) is 2.15. The molecule has 20 heavy (non-hydrogen) atoms. The zero-order valence-electron chi connectivity index (χ0n) is 11.2. The molecular formula is C15H15FN2O2. The van der Waals surface area contributed by atoms with Gasteiger partial charge in [-0.05, 0) is 37.5 Å². The molecule has 1 aromatic carbocycles. The summed E-state index contributed by atoms with van der Waals surface area (Å²) in [7, 11) is 0. The first kappa shape index (κ1) is 12.8. The third kappa shape index (κ3) is 2.71. The Balaban J connectivity index is 1.79. The molecule has 0 aliphatic heterocycles. The first-order chi connectivity index (χ1) is 9.63. The lowest BCUT2D eigenvalue weighted by molar-refractivity contribution is 0.0687. The van der Waals surface area contributed by atoms with E-state index in [1.807, 2.05) is 0 Å². The topological polar surface area (TPSA) is 46.3 Å². The molecule has 0 bridgehead atoms. The maximum Gasteiger partial charge on any atom is 0.293 e. The largest absolute Gasteiger partial charge is 0.351 e. The molecule has 1 fully saturated rings. The van der Waals surface area contributed by atoms with E-state index in [-0.39, 0.29) is 23.5 Å². The molecule has 1 saturated carbocycles. The van der Waals surface area contributed by atoms with Crippen molar-refractivity contribution in [3.05, 3.63) is 53.2 Å². The number of halogens is 1. The minimum atomic E-state index is -0.274. The molecule has 1 heterocycles. The molecule has 3 rings (SSSR count). The predicted molar refractivity (Wildman–Crippen MR) is 70.5 cm³/mol. The average Bonchev–Trinajstić information content (AvgIpc) is 3.19. The Kier molecular flexibility index (Phi) is 3.26. The van der Waals surface area contributed by atoms with Crippen LogP contribution in [0.3, 0.4) is 0 Å². The normalized spacial score (nSPS) is 14.3. The minimum Gasteiger partial charge on any atom is -0.351 e. The maximum atomic E-state index is 12.9. The Morgan fingerprint density at radius 1 is 1.40 bits per heavy atom. The molecule has 1 aromatic heterocycles. The van der Waals surface area contributed by atoms with E-state index in [9.17, 15) is 9.18 Å². The van der Waals surface area contributed by atoms with E-state index in [0.717, 1.165) is 18.4 Å². The average molecular weight is 274 g/mol. The van der Waals surface area contributed by atoms with Gasteiger partial charge in [-0.1, -0.05) is 17.3 Å². The summed E-state index contributed by atoms with van der Waals surface area (Å²) in [6.45, 7) is 2.24. The van der Waals surface area contributed by atoms with E-state index in [4.69, 9.17) is 4.52 Å². The second-order valence-electron chi connectivity index (χ2n) is 5.12. The van der Waals surface area contributed by atoms with E-state index in [0.29, 0.717) is 12.2 Å². The molecule has 5 heteroatoms. The fraction of sp³-hybridized carbons (Fsp3) is 0.333. The van der Waals surface area contributed by atoms with E-state index < -0.39 is 0 Å². The molecule has 1 aliphatic rings. The van der Waals surface area contributed by atoms with Gasteiger partial charge < -0.3 is 9.42 Å². The summed E-state index contributed by atoms with van der Waals surface area (Å²) in [5.74, 6) is -0.169. The highest BCUT2D eigenvalue weighted by Gasteiger charge is 2.34. The molecule has 0 N–H and O–H groups in total. The van der Waals surface area contributed by atoms with Crippen molar-refractivity contribution in [1.82, 2.24) is 10.1 Å². The van der Waals surface area contributed by atoms with Crippen LogP contribution in [0.15, 0.2) is 34.9 Å². The highest BCUT2D eigenvalue weighted by Crippen LogP contribution is 2.30. The lowest BCUT2D eigenvalue weighted by Crippen LogP contribution is -2.32. The van der Waals surface area contributed by atoms with Crippen molar-refractivity contribution in [1.29, 1.82) is 0 Å². The number of carbonyl (C=O) groups excluding carboxylic acids is 1. The van der Waals surface area contributed by atoms with E-state index in [2.05, 4.69) is 5.16 Å². The van der Waals surface area contributed by atoms with Crippen molar-refractivity contribution < 1.29 is 13.7 Å². The molecule has 0 saturated heterocycles. The number of benzene rings is 1. The summed E-state index contributed by atoms with van der Waals surface area (Å²) in [5, 5.41) is 3.75. The van der Waals surface area contributed by atoms with Gasteiger partial charge >= 0.3 is 0 Å². The van der Waals surface area contributed by atoms with Crippen LogP contribution in [0, 0.1) is 12.7 Å². The third-order valence-corrected chi connectivity index (χ3v) is 3.35. The Morgan fingerprint density at radius 3 is 2.65 bits per heavy atom. The maximum absolute atomic E-state index is 12.9. The summed E-state index contributed by atoms with van der Waals surface area (Å²) >= 11 is 0. The summed E-state index contributed by atoms with van der Waals surface area (Å²) < 4.78 is 18.0. The SMILES string of the molecule is Cc1cc(C(=O)N(Cc2ccc(F)cc2)C2CC2)on1. The molecule has 104 valence electrons. The van der Waals surface area contributed by atoms with Gasteiger partial charge in [0.15, 0.2) is 0 Å². The van der Waals surface area contributed by atoms with Crippen LogP contribution in [0.5, 0.6) is 0 Å². The Labute approximate surface area is 116 Å². The highest BCUT2D eigenvalue weighted by molar-refractivity contribution is 5.91. The molecular weight excluding hydrogens is 259 g/mol. The molecule has 1 aliphatic carbocycles. The highest BCUT2D eigenvalue weighted by atomic mass is 19.1. The summed E-state index contributed by atoms with van der Waals surface area (Å²) in [6, 6.07) is 8.10. The molecule has 0 spiro atoms. The van der Waals surface area contributed by atoms with Gasteiger partial charge in [-0.25, -0.2) is 4.39 Å². The van der Waals surface area contributed by atoms with Crippen LogP contribution in [0.2, 0.25) is 0 Å².